The number of nitrogens with zero attached hydrogens (tertiary/aromatic N) is 2. The molecule has 0 aromatic heterocycles. The number of piperazine rings is 1. The Bertz CT molecular complexity index is 147. The van der Waals surface area contributed by atoms with Gasteiger partial charge in [0.1, 0.15) is 0 Å². The Hall–Kier alpha value is -0.155. The second kappa shape index (κ2) is 4.91. The van der Waals surface area contributed by atoms with Crippen LogP contribution >= 0.6 is 0 Å². The van der Waals surface area contributed by atoms with Gasteiger partial charge in [0.05, 0.1) is 0 Å². The first-order valence-corrected chi connectivity index (χ1v) is 4.84. The highest BCUT2D eigenvalue weighted by molar-refractivity contribution is 6.42. The van der Waals surface area contributed by atoms with Gasteiger partial charge in [0, 0.05) is 38.7 Å². The van der Waals surface area contributed by atoms with Crippen molar-refractivity contribution in [2.45, 2.75) is 19.9 Å². The summed E-state index contributed by atoms with van der Waals surface area (Å²) in [4.78, 5) is 4.16. The van der Waals surface area contributed by atoms with Gasteiger partial charge >= 0.3 is 7.27 Å². The molecule has 0 aliphatic carbocycles. The fraction of sp³-hybridized carbons (Fsp3) is 1.00. The third-order valence-corrected chi connectivity index (χ3v) is 2.53. The van der Waals surface area contributed by atoms with Gasteiger partial charge in [-0.2, -0.15) is 0 Å². The average Bonchev–Trinajstić information content (AvgIpc) is 2.04. The maximum Gasteiger partial charge on any atom is 0.551 e. The minimum absolute atomic E-state index is 0.0636. The van der Waals surface area contributed by atoms with Gasteiger partial charge in [-0.05, 0) is 13.8 Å². The maximum absolute atomic E-state index is 12.0. The van der Waals surface area contributed by atoms with Crippen LogP contribution in [-0.4, -0.2) is 55.7 Å². The van der Waals surface area contributed by atoms with Crippen LogP contribution in [0, 0.1) is 0 Å². The van der Waals surface area contributed by atoms with Gasteiger partial charge in [-0.1, -0.05) is 0 Å². The molecule has 0 unspecified atom stereocenters. The lowest BCUT2D eigenvalue weighted by Crippen LogP contribution is -2.50. The summed E-state index contributed by atoms with van der Waals surface area (Å²) in [6.45, 7) is 7.69. The maximum atomic E-state index is 12.0. The van der Waals surface area contributed by atoms with Crippen LogP contribution in [0.25, 0.3) is 0 Å². The smallest absolute Gasteiger partial charge is 0.302 e. The van der Waals surface area contributed by atoms with Crippen molar-refractivity contribution in [2.24, 2.45) is 0 Å². The molecule has 5 heteroatoms. The van der Waals surface area contributed by atoms with Gasteiger partial charge in [0.2, 0.25) is 0 Å². The van der Waals surface area contributed by atoms with Gasteiger partial charge in [0.25, 0.3) is 0 Å². The third-order valence-electron chi connectivity index (χ3n) is 2.53. The Morgan fingerprint density at radius 1 is 1.15 bits per heavy atom. The van der Waals surface area contributed by atoms with Gasteiger partial charge in [-0.3, -0.25) is 13.5 Å². The van der Waals surface area contributed by atoms with Crippen LogP contribution in [0.5, 0.6) is 0 Å². The molecule has 1 rings (SSSR count). The van der Waals surface area contributed by atoms with E-state index in [1.807, 2.05) is 4.90 Å². The zero-order valence-corrected chi connectivity index (χ0v) is 8.34. The Balaban J connectivity index is 2.22. The van der Waals surface area contributed by atoms with Crippen LogP contribution in [0.2, 0.25) is 0 Å². The van der Waals surface area contributed by atoms with Crippen LogP contribution in [0.4, 0.5) is 8.63 Å². The summed E-state index contributed by atoms with van der Waals surface area (Å²) in [5.41, 5.74) is 0. The Labute approximate surface area is 79.1 Å². The first-order valence-electron chi connectivity index (χ1n) is 4.84. The molecule has 1 heterocycles. The number of rotatable bonds is 3. The number of hydrogen-bond donors (Lipinski definition) is 0. The fourth-order valence-corrected chi connectivity index (χ4v) is 1.66. The molecule has 1 fully saturated rings. The molecule has 0 atom stereocenters. The van der Waals surface area contributed by atoms with Crippen molar-refractivity contribution in [3.8, 4) is 0 Å². The summed E-state index contributed by atoms with van der Waals surface area (Å²) in [6, 6.07) is 0.536. The molecule has 1 saturated heterocycles. The van der Waals surface area contributed by atoms with Crippen LogP contribution < -0.4 is 0 Å². The highest BCUT2D eigenvalue weighted by Gasteiger charge is 2.23. The summed E-state index contributed by atoms with van der Waals surface area (Å²) < 4.78 is 24.0. The SMILES string of the molecule is CC(C)N1CCN(CB(F)F)CC1. The molecule has 1 aliphatic rings. The van der Waals surface area contributed by atoms with E-state index in [1.54, 1.807) is 0 Å². The van der Waals surface area contributed by atoms with Crippen molar-refractivity contribution in [1.82, 2.24) is 9.80 Å². The molecule has 0 saturated carbocycles. The predicted molar refractivity (Wildman–Crippen MR) is 51.1 cm³/mol. The summed E-state index contributed by atoms with van der Waals surface area (Å²) in [6.07, 6.45) is -0.0636. The lowest BCUT2D eigenvalue weighted by molar-refractivity contribution is 0.118. The predicted octanol–water partition coefficient (Wildman–Crippen LogP) is 0.979. The summed E-state index contributed by atoms with van der Waals surface area (Å²) >= 11 is 0. The van der Waals surface area contributed by atoms with Crippen molar-refractivity contribution in [2.75, 3.05) is 32.6 Å². The lowest BCUT2D eigenvalue weighted by atomic mass is 9.98. The molecule has 0 aromatic carbocycles. The van der Waals surface area contributed by atoms with Gasteiger partial charge in [0.15, 0.2) is 0 Å². The molecule has 13 heavy (non-hydrogen) atoms. The zero-order valence-electron chi connectivity index (χ0n) is 8.34. The topological polar surface area (TPSA) is 6.48 Å². The molecular weight excluding hydrogens is 173 g/mol. The monoisotopic (exact) mass is 190 g/mol. The quantitative estimate of drug-likeness (QED) is 0.612. The van der Waals surface area contributed by atoms with Crippen molar-refractivity contribution < 1.29 is 8.63 Å². The van der Waals surface area contributed by atoms with Crippen molar-refractivity contribution in [3.63, 3.8) is 0 Å². The standard InChI is InChI=1S/C8H17BF2N2/c1-8(2)13-5-3-12(4-6-13)7-9(10)11/h8H,3-7H2,1-2H3. The van der Waals surface area contributed by atoms with Crippen molar-refractivity contribution in [3.05, 3.63) is 0 Å². The highest BCUT2D eigenvalue weighted by Crippen LogP contribution is 2.06. The largest absolute Gasteiger partial charge is 0.551 e. The van der Waals surface area contributed by atoms with Crippen LogP contribution in [0.3, 0.4) is 0 Å². The van der Waals surface area contributed by atoms with E-state index >= 15 is 0 Å². The van der Waals surface area contributed by atoms with Gasteiger partial charge < -0.3 is 4.90 Å². The first-order chi connectivity index (χ1) is 6.09. The van der Waals surface area contributed by atoms with Gasteiger partial charge in [-0.25, -0.2) is 0 Å². The molecule has 0 spiro atoms. The minimum atomic E-state index is -2.19. The fourth-order valence-electron chi connectivity index (χ4n) is 1.66. The normalized spacial score (nSPS) is 21.0. The Morgan fingerprint density at radius 3 is 2.08 bits per heavy atom. The van der Waals surface area contributed by atoms with E-state index in [9.17, 15) is 8.63 Å². The number of halogens is 2. The van der Waals surface area contributed by atoms with Gasteiger partial charge in [-0.15, -0.1) is 0 Å². The molecule has 0 amide bonds. The number of hydrogen-bond acceptors (Lipinski definition) is 2. The van der Waals surface area contributed by atoms with Crippen LogP contribution in [-0.2, 0) is 0 Å². The third kappa shape index (κ3) is 3.61. The second-order valence-electron chi connectivity index (χ2n) is 3.82. The van der Waals surface area contributed by atoms with E-state index in [1.165, 1.54) is 0 Å². The minimum Gasteiger partial charge on any atom is -0.302 e. The Morgan fingerprint density at radius 2 is 1.69 bits per heavy atom. The lowest BCUT2D eigenvalue weighted by Gasteiger charge is -2.36. The molecule has 76 valence electrons. The van der Waals surface area contributed by atoms with Crippen LogP contribution in [0.1, 0.15) is 13.8 Å². The van der Waals surface area contributed by atoms with E-state index in [0.29, 0.717) is 6.04 Å². The van der Waals surface area contributed by atoms with E-state index in [4.69, 9.17) is 0 Å². The molecule has 1 aliphatic heterocycles. The summed E-state index contributed by atoms with van der Waals surface area (Å²) in [7, 11) is -2.19. The van der Waals surface area contributed by atoms with E-state index in [2.05, 4.69) is 18.7 Å². The van der Waals surface area contributed by atoms with E-state index in [-0.39, 0.29) is 6.44 Å². The Kier molecular flexibility index (Phi) is 4.13. The molecule has 0 bridgehead atoms. The van der Waals surface area contributed by atoms with Crippen molar-refractivity contribution in [1.29, 1.82) is 0 Å². The first kappa shape index (κ1) is 10.9. The average molecular weight is 190 g/mol. The molecule has 2 nitrogen and oxygen atoms in total. The molecule has 0 N–H and O–H groups in total. The zero-order chi connectivity index (χ0) is 9.84. The van der Waals surface area contributed by atoms with E-state index in [0.717, 1.165) is 26.2 Å². The highest BCUT2D eigenvalue weighted by atomic mass is 19.2. The van der Waals surface area contributed by atoms with Crippen LogP contribution in [0.15, 0.2) is 0 Å². The molecule has 0 aromatic rings. The van der Waals surface area contributed by atoms with E-state index < -0.39 is 7.27 Å². The summed E-state index contributed by atoms with van der Waals surface area (Å²) in [5.74, 6) is 0. The molecule has 0 radical (unpaired) electrons. The van der Waals surface area contributed by atoms with Crippen molar-refractivity contribution >= 4 is 7.27 Å². The second-order valence-corrected chi connectivity index (χ2v) is 3.82. The molecular formula is C8H17BF2N2. The summed E-state index contributed by atoms with van der Waals surface area (Å²) in [5, 5.41) is 0.